The van der Waals surface area contributed by atoms with E-state index in [0.29, 0.717) is 30.9 Å². The van der Waals surface area contributed by atoms with Crippen LogP contribution in [0.1, 0.15) is 54.9 Å². The third-order valence-corrected chi connectivity index (χ3v) is 5.98. The zero-order chi connectivity index (χ0) is 21.2. The summed E-state index contributed by atoms with van der Waals surface area (Å²) in [5.41, 5.74) is 3.67. The van der Waals surface area contributed by atoms with E-state index in [2.05, 4.69) is 5.32 Å². The molecular weight excluding hydrogens is 370 g/mol. The topological polar surface area (TPSA) is 73.9 Å². The summed E-state index contributed by atoms with van der Waals surface area (Å²) in [6.07, 6.45) is 2.34. The summed E-state index contributed by atoms with van der Waals surface area (Å²) in [5.74, 6) is 0.665. The van der Waals surface area contributed by atoms with Gasteiger partial charge in [0.25, 0.3) is 0 Å². The van der Waals surface area contributed by atoms with Crippen LogP contribution in [-0.4, -0.2) is 37.8 Å². The minimum atomic E-state index is -0.798. The number of methoxy groups -OCH3 is 1. The molecule has 1 aromatic carbocycles. The summed E-state index contributed by atoms with van der Waals surface area (Å²) < 4.78 is 15.7. The lowest BCUT2D eigenvalue weighted by molar-refractivity contribution is -0.120. The fraction of sp³-hybridized carbons (Fsp3) is 0.565. The predicted molar refractivity (Wildman–Crippen MR) is 110 cm³/mol. The van der Waals surface area contributed by atoms with Crippen molar-refractivity contribution in [1.82, 2.24) is 5.32 Å². The second-order valence-electron chi connectivity index (χ2n) is 8.20. The smallest absolute Gasteiger partial charge is 0.434 e. The van der Waals surface area contributed by atoms with Crippen molar-refractivity contribution in [2.24, 2.45) is 5.92 Å². The molecule has 0 bridgehead atoms. The first-order chi connectivity index (χ1) is 13.8. The van der Waals surface area contributed by atoms with Gasteiger partial charge in [-0.2, -0.15) is 0 Å². The van der Waals surface area contributed by atoms with Gasteiger partial charge in [-0.1, -0.05) is 17.7 Å². The molecule has 6 heteroatoms. The van der Waals surface area contributed by atoms with E-state index in [1.54, 1.807) is 14.0 Å². The van der Waals surface area contributed by atoms with E-state index < -0.39 is 11.7 Å². The SMILES string of the molecule is CCOC(=O)OC1=C(c2c(C)cc(C)cc2C)C(=O)C2(CCC(COC)CC2)N1. The molecule has 158 valence electrons. The van der Waals surface area contributed by atoms with Crippen molar-refractivity contribution in [2.45, 2.75) is 58.9 Å². The van der Waals surface area contributed by atoms with Gasteiger partial charge in [-0.25, -0.2) is 4.79 Å². The third-order valence-electron chi connectivity index (χ3n) is 5.98. The van der Waals surface area contributed by atoms with Gasteiger partial charge in [-0.15, -0.1) is 0 Å². The molecule has 29 heavy (non-hydrogen) atoms. The fourth-order valence-electron chi connectivity index (χ4n) is 4.71. The third kappa shape index (κ3) is 4.17. The molecule has 1 saturated carbocycles. The molecule has 0 unspecified atom stereocenters. The van der Waals surface area contributed by atoms with Crippen LogP contribution in [0.2, 0.25) is 0 Å². The number of carbonyl (C=O) groups is 2. The summed E-state index contributed by atoms with van der Waals surface area (Å²) >= 11 is 0. The summed E-state index contributed by atoms with van der Waals surface area (Å²) in [4.78, 5) is 25.8. The second-order valence-corrected chi connectivity index (χ2v) is 8.20. The lowest BCUT2D eigenvalue weighted by Gasteiger charge is -2.36. The zero-order valence-electron chi connectivity index (χ0n) is 18.0. The lowest BCUT2D eigenvalue weighted by Crippen LogP contribution is -2.50. The van der Waals surface area contributed by atoms with Crippen molar-refractivity contribution in [1.29, 1.82) is 0 Å². The summed E-state index contributed by atoms with van der Waals surface area (Å²) in [5, 5.41) is 3.29. The highest BCUT2D eigenvalue weighted by Crippen LogP contribution is 2.43. The van der Waals surface area contributed by atoms with Crippen LogP contribution in [0.5, 0.6) is 0 Å². The van der Waals surface area contributed by atoms with Crippen LogP contribution >= 0.6 is 0 Å². The van der Waals surface area contributed by atoms with E-state index in [-0.39, 0.29) is 18.3 Å². The number of rotatable bonds is 5. The molecule has 0 saturated heterocycles. The second kappa shape index (κ2) is 8.57. The highest BCUT2D eigenvalue weighted by molar-refractivity contribution is 6.28. The average Bonchev–Trinajstić information content (AvgIpc) is 2.89. The van der Waals surface area contributed by atoms with Crippen molar-refractivity contribution in [2.75, 3.05) is 20.3 Å². The van der Waals surface area contributed by atoms with Crippen LogP contribution in [0, 0.1) is 26.7 Å². The van der Waals surface area contributed by atoms with Crippen LogP contribution in [0.25, 0.3) is 5.57 Å². The number of ketones is 1. The molecule has 1 fully saturated rings. The first-order valence-electron chi connectivity index (χ1n) is 10.3. The molecule has 3 rings (SSSR count). The number of aryl methyl sites for hydroxylation is 3. The number of hydrogen-bond acceptors (Lipinski definition) is 6. The van der Waals surface area contributed by atoms with E-state index in [1.165, 1.54) is 0 Å². The van der Waals surface area contributed by atoms with Crippen molar-refractivity contribution < 1.29 is 23.8 Å². The van der Waals surface area contributed by atoms with Crippen LogP contribution in [0.3, 0.4) is 0 Å². The maximum Gasteiger partial charge on any atom is 0.515 e. The average molecular weight is 402 g/mol. The van der Waals surface area contributed by atoms with Crippen LogP contribution in [-0.2, 0) is 19.0 Å². The molecular formula is C23H31NO5. The van der Waals surface area contributed by atoms with Crippen molar-refractivity contribution in [3.05, 3.63) is 40.3 Å². The lowest BCUT2D eigenvalue weighted by atomic mass is 9.73. The molecule has 1 spiro atoms. The highest BCUT2D eigenvalue weighted by atomic mass is 16.7. The fourth-order valence-corrected chi connectivity index (χ4v) is 4.71. The minimum Gasteiger partial charge on any atom is -0.434 e. The molecule has 6 nitrogen and oxygen atoms in total. The van der Waals surface area contributed by atoms with E-state index in [4.69, 9.17) is 14.2 Å². The maximum absolute atomic E-state index is 13.7. The van der Waals surface area contributed by atoms with Crippen LogP contribution in [0.4, 0.5) is 4.79 Å². The van der Waals surface area contributed by atoms with Gasteiger partial charge in [0, 0.05) is 13.7 Å². The Hall–Kier alpha value is -2.34. The molecule has 1 aliphatic heterocycles. The van der Waals surface area contributed by atoms with Gasteiger partial charge in [-0.3, -0.25) is 4.79 Å². The van der Waals surface area contributed by atoms with Crippen LogP contribution in [0.15, 0.2) is 18.0 Å². The van der Waals surface area contributed by atoms with E-state index in [0.717, 1.165) is 35.1 Å². The van der Waals surface area contributed by atoms with Crippen molar-refractivity contribution >= 4 is 17.5 Å². The Balaban J connectivity index is 1.99. The number of nitrogens with one attached hydrogen (secondary N) is 1. The Morgan fingerprint density at radius 1 is 1.17 bits per heavy atom. The van der Waals surface area contributed by atoms with Gasteiger partial charge in [0.2, 0.25) is 5.88 Å². The van der Waals surface area contributed by atoms with Gasteiger partial charge < -0.3 is 19.5 Å². The quantitative estimate of drug-likeness (QED) is 0.746. The number of ether oxygens (including phenoxy) is 3. The van der Waals surface area contributed by atoms with Gasteiger partial charge >= 0.3 is 6.16 Å². The molecule has 1 heterocycles. The molecule has 0 atom stereocenters. The Bertz CT molecular complexity index is 811. The largest absolute Gasteiger partial charge is 0.515 e. The van der Waals surface area contributed by atoms with Gasteiger partial charge in [0.15, 0.2) is 5.78 Å². The van der Waals surface area contributed by atoms with E-state index in [9.17, 15) is 9.59 Å². The first-order valence-corrected chi connectivity index (χ1v) is 10.3. The van der Waals surface area contributed by atoms with Gasteiger partial charge in [-0.05, 0) is 76.0 Å². The molecule has 1 N–H and O–H groups in total. The molecule has 0 amide bonds. The number of benzene rings is 1. The highest BCUT2D eigenvalue weighted by Gasteiger charge is 2.50. The van der Waals surface area contributed by atoms with E-state index in [1.807, 2.05) is 32.9 Å². The Morgan fingerprint density at radius 3 is 2.34 bits per heavy atom. The summed E-state index contributed by atoms with van der Waals surface area (Å²) in [7, 11) is 1.71. The van der Waals surface area contributed by atoms with Crippen molar-refractivity contribution in [3.63, 3.8) is 0 Å². The monoisotopic (exact) mass is 401 g/mol. The van der Waals surface area contributed by atoms with Crippen LogP contribution < -0.4 is 5.32 Å². The Morgan fingerprint density at radius 2 is 1.79 bits per heavy atom. The predicted octanol–water partition coefficient (Wildman–Crippen LogP) is 4.20. The molecule has 0 aromatic heterocycles. The number of hydrogen-bond donors (Lipinski definition) is 1. The van der Waals surface area contributed by atoms with Crippen molar-refractivity contribution in [3.8, 4) is 0 Å². The number of Topliss-reactive ketones (excluding diaryl/α,β-unsaturated/α-hetero) is 1. The standard InChI is InChI=1S/C23H31NO5/c1-6-28-22(26)29-21-19(18-15(3)11-14(2)12-16(18)4)20(25)23(24-21)9-7-17(8-10-23)13-27-5/h11-12,17,24H,6-10,13H2,1-5H3. The molecule has 0 radical (unpaired) electrons. The molecule has 1 aliphatic carbocycles. The minimum absolute atomic E-state index is 0.00252. The van der Waals surface area contributed by atoms with E-state index >= 15 is 0 Å². The zero-order valence-corrected chi connectivity index (χ0v) is 18.0. The molecule has 2 aliphatic rings. The maximum atomic E-state index is 13.7. The summed E-state index contributed by atoms with van der Waals surface area (Å²) in [6.45, 7) is 8.63. The number of carbonyl (C=O) groups excluding carboxylic acids is 2. The van der Waals surface area contributed by atoms with Gasteiger partial charge in [0.05, 0.1) is 12.2 Å². The first kappa shape index (κ1) is 21.4. The Labute approximate surface area is 172 Å². The van der Waals surface area contributed by atoms with Gasteiger partial charge in [0.1, 0.15) is 5.54 Å². The molecule has 1 aromatic rings. The normalized spacial score (nSPS) is 24.0. The summed E-state index contributed by atoms with van der Waals surface area (Å²) in [6, 6.07) is 4.09. The Kier molecular flexibility index (Phi) is 6.32.